The van der Waals surface area contributed by atoms with Crippen LogP contribution in [-0.4, -0.2) is 0 Å². The molecule has 0 saturated carbocycles. The van der Waals surface area contributed by atoms with Gasteiger partial charge in [0.05, 0.1) is 0 Å². The molecule has 0 N–H and O–H groups in total. The summed E-state index contributed by atoms with van der Waals surface area (Å²) in [7, 11) is 0. The summed E-state index contributed by atoms with van der Waals surface area (Å²) >= 11 is 0. The van der Waals surface area contributed by atoms with E-state index in [2.05, 4.69) is 92.6 Å². The first kappa shape index (κ1) is 18.2. The molecule has 0 heteroatoms. The summed E-state index contributed by atoms with van der Waals surface area (Å²) in [5.74, 6) is 0. The number of rotatable bonds is 0. The summed E-state index contributed by atoms with van der Waals surface area (Å²) in [5.41, 5.74) is 10.9. The minimum atomic E-state index is 0.144. The van der Waals surface area contributed by atoms with Crippen molar-refractivity contribution < 1.29 is 0 Å². The predicted molar refractivity (Wildman–Crippen MR) is 111 cm³/mol. The van der Waals surface area contributed by atoms with Gasteiger partial charge in [-0.2, -0.15) is 0 Å². The highest BCUT2D eigenvalue weighted by atomic mass is 14.3. The molecule has 0 unspecified atom stereocenters. The molecular formula is C25H34. The fourth-order valence-electron chi connectivity index (χ4n) is 3.82. The van der Waals surface area contributed by atoms with E-state index in [1.165, 1.54) is 38.9 Å². The minimum absolute atomic E-state index is 0.144. The molecule has 0 amide bonds. The van der Waals surface area contributed by atoms with Gasteiger partial charge in [0.25, 0.3) is 0 Å². The number of hydrogen-bond donors (Lipinski definition) is 0. The third kappa shape index (κ3) is 3.28. The Labute approximate surface area is 154 Å². The quantitative estimate of drug-likeness (QED) is 0.409. The summed E-state index contributed by atoms with van der Waals surface area (Å²) in [4.78, 5) is 0. The monoisotopic (exact) mass is 334 g/mol. The normalized spacial score (nSPS) is 14.4. The molecule has 0 aliphatic heterocycles. The molecule has 0 heterocycles. The van der Waals surface area contributed by atoms with E-state index in [-0.39, 0.29) is 16.2 Å². The Bertz CT molecular complexity index is 815. The Balaban J connectivity index is 2.29. The third-order valence-electron chi connectivity index (χ3n) is 5.52. The number of benzene rings is 2. The van der Waals surface area contributed by atoms with Crippen LogP contribution in [0.5, 0.6) is 0 Å². The van der Waals surface area contributed by atoms with Gasteiger partial charge in [-0.3, -0.25) is 0 Å². The van der Waals surface area contributed by atoms with Gasteiger partial charge >= 0.3 is 0 Å². The zero-order valence-electron chi connectivity index (χ0n) is 17.6. The van der Waals surface area contributed by atoms with Crippen molar-refractivity contribution in [1.29, 1.82) is 0 Å². The number of hydrogen-bond acceptors (Lipinski definition) is 0. The second-order valence-electron chi connectivity index (χ2n) is 10.9. The highest BCUT2D eigenvalue weighted by Crippen LogP contribution is 2.46. The standard InChI is InChI=1S/C25H34/c1-23(2,3)18-11-10-16-12-17-13-19(24(4,5)6)15-21(25(7,8)9)22(17)20(16)14-18/h10-11,13-15H,12H2,1-9H3. The molecule has 134 valence electrons. The average Bonchev–Trinajstić information content (AvgIpc) is 2.80. The maximum Gasteiger partial charge on any atom is -0.00132 e. The van der Waals surface area contributed by atoms with Gasteiger partial charge in [-0.1, -0.05) is 92.6 Å². The van der Waals surface area contributed by atoms with Crippen molar-refractivity contribution in [3.63, 3.8) is 0 Å². The van der Waals surface area contributed by atoms with Crippen molar-refractivity contribution in [1.82, 2.24) is 0 Å². The molecule has 0 atom stereocenters. The Morgan fingerprint density at radius 1 is 0.600 bits per heavy atom. The molecule has 0 fully saturated rings. The Morgan fingerprint density at radius 3 is 1.72 bits per heavy atom. The zero-order chi connectivity index (χ0) is 18.8. The van der Waals surface area contributed by atoms with E-state index in [1.807, 2.05) is 0 Å². The van der Waals surface area contributed by atoms with Crippen LogP contribution in [0.2, 0.25) is 0 Å². The van der Waals surface area contributed by atoms with Crippen LogP contribution in [0.15, 0.2) is 30.3 Å². The zero-order valence-corrected chi connectivity index (χ0v) is 17.6. The van der Waals surface area contributed by atoms with Gasteiger partial charge in [-0.25, -0.2) is 0 Å². The maximum atomic E-state index is 2.47. The fourth-order valence-corrected chi connectivity index (χ4v) is 3.82. The lowest BCUT2D eigenvalue weighted by Crippen LogP contribution is -2.18. The van der Waals surface area contributed by atoms with Crippen LogP contribution in [0, 0.1) is 0 Å². The first-order valence-corrected chi connectivity index (χ1v) is 9.60. The maximum absolute atomic E-state index is 2.47. The van der Waals surface area contributed by atoms with Crippen molar-refractivity contribution in [2.45, 2.75) is 85.0 Å². The second-order valence-corrected chi connectivity index (χ2v) is 10.9. The number of fused-ring (bicyclic) bond motifs is 3. The summed E-state index contributed by atoms with van der Waals surface area (Å²) in [6.45, 7) is 20.9. The summed E-state index contributed by atoms with van der Waals surface area (Å²) in [6.07, 6.45) is 1.07. The summed E-state index contributed by atoms with van der Waals surface area (Å²) < 4.78 is 0. The van der Waals surface area contributed by atoms with Crippen LogP contribution in [0.25, 0.3) is 11.1 Å². The molecule has 0 saturated heterocycles. The molecule has 25 heavy (non-hydrogen) atoms. The van der Waals surface area contributed by atoms with Crippen molar-refractivity contribution >= 4 is 0 Å². The molecule has 0 bridgehead atoms. The average molecular weight is 335 g/mol. The van der Waals surface area contributed by atoms with E-state index in [0.29, 0.717) is 0 Å². The highest BCUT2D eigenvalue weighted by Gasteiger charge is 2.30. The van der Waals surface area contributed by atoms with Crippen molar-refractivity contribution in [2.75, 3.05) is 0 Å². The van der Waals surface area contributed by atoms with E-state index >= 15 is 0 Å². The highest BCUT2D eigenvalue weighted by molar-refractivity contribution is 5.81. The van der Waals surface area contributed by atoms with Gasteiger partial charge in [0.2, 0.25) is 0 Å². The Hall–Kier alpha value is -1.56. The lowest BCUT2D eigenvalue weighted by molar-refractivity contribution is 0.569. The molecule has 0 aromatic heterocycles. The molecule has 0 nitrogen and oxygen atoms in total. The topological polar surface area (TPSA) is 0 Å². The fraction of sp³-hybridized carbons (Fsp3) is 0.520. The predicted octanol–water partition coefficient (Wildman–Crippen LogP) is 7.15. The summed E-state index contributed by atoms with van der Waals surface area (Å²) in [5, 5.41) is 0. The van der Waals surface area contributed by atoms with E-state index in [4.69, 9.17) is 0 Å². The Morgan fingerprint density at radius 2 is 1.20 bits per heavy atom. The van der Waals surface area contributed by atoms with Crippen molar-refractivity contribution in [3.8, 4) is 11.1 Å². The first-order valence-electron chi connectivity index (χ1n) is 9.60. The minimum Gasteiger partial charge on any atom is -0.0582 e. The molecule has 1 aliphatic rings. The Kier molecular flexibility index (Phi) is 3.99. The first-order chi connectivity index (χ1) is 11.3. The second kappa shape index (κ2) is 5.47. The smallest absolute Gasteiger partial charge is 0.00132 e. The largest absolute Gasteiger partial charge is 0.0582 e. The van der Waals surface area contributed by atoms with Gasteiger partial charge in [0.1, 0.15) is 0 Å². The van der Waals surface area contributed by atoms with Gasteiger partial charge in [0, 0.05) is 0 Å². The SMILES string of the molecule is CC(C)(C)c1ccc2c(c1)-c1c(cc(C(C)(C)C)cc1C(C)(C)C)C2. The van der Waals surface area contributed by atoms with E-state index in [1.54, 1.807) is 0 Å². The lowest BCUT2D eigenvalue weighted by Gasteiger charge is -2.28. The molecule has 2 aromatic rings. The van der Waals surface area contributed by atoms with Crippen LogP contribution in [0.1, 0.15) is 90.1 Å². The van der Waals surface area contributed by atoms with Crippen LogP contribution in [0.4, 0.5) is 0 Å². The third-order valence-corrected chi connectivity index (χ3v) is 5.52. The van der Waals surface area contributed by atoms with Gasteiger partial charge in [-0.15, -0.1) is 0 Å². The van der Waals surface area contributed by atoms with Gasteiger partial charge < -0.3 is 0 Å². The molecule has 1 aliphatic carbocycles. The molecule has 0 spiro atoms. The van der Waals surface area contributed by atoms with E-state index in [9.17, 15) is 0 Å². The van der Waals surface area contributed by atoms with Crippen LogP contribution in [-0.2, 0) is 22.7 Å². The lowest BCUT2D eigenvalue weighted by atomic mass is 9.76. The molecule has 3 rings (SSSR count). The van der Waals surface area contributed by atoms with E-state index < -0.39 is 0 Å². The van der Waals surface area contributed by atoms with Crippen LogP contribution in [0.3, 0.4) is 0 Å². The van der Waals surface area contributed by atoms with Gasteiger partial charge in [-0.05, 0) is 61.6 Å². The van der Waals surface area contributed by atoms with Crippen LogP contribution < -0.4 is 0 Å². The molecule has 2 aromatic carbocycles. The van der Waals surface area contributed by atoms with Crippen LogP contribution >= 0.6 is 0 Å². The van der Waals surface area contributed by atoms with Gasteiger partial charge in [0.15, 0.2) is 0 Å². The molecule has 0 radical (unpaired) electrons. The van der Waals surface area contributed by atoms with E-state index in [0.717, 1.165) is 6.42 Å². The summed E-state index contributed by atoms with van der Waals surface area (Å²) in [6, 6.07) is 12.1. The van der Waals surface area contributed by atoms with Crippen molar-refractivity contribution in [3.05, 3.63) is 58.1 Å². The van der Waals surface area contributed by atoms with Crippen molar-refractivity contribution in [2.24, 2.45) is 0 Å². The molecular weight excluding hydrogens is 300 g/mol.